The van der Waals surface area contributed by atoms with Gasteiger partial charge in [0.2, 0.25) is 10.0 Å². The predicted molar refractivity (Wildman–Crippen MR) is 67.1 cm³/mol. The molecule has 2 aliphatic carbocycles. The van der Waals surface area contributed by atoms with Gasteiger partial charge in [0.25, 0.3) is 0 Å². The van der Waals surface area contributed by atoms with E-state index in [0.717, 1.165) is 6.42 Å². The summed E-state index contributed by atoms with van der Waals surface area (Å²) in [5.41, 5.74) is 0. The molecule has 19 heavy (non-hydrogen) atoms. The zero-order valence-electron chi connectivity index (χ0n) is 10.1. The molecule has 98 valence electrons. The lowest BCUT2D eigenvalue weighted by atomic mass is 9.90. The summed E-state index contributed by atoms with van der Waals surface area (Å²) in [6.45, 7) is 0. The molecule has 2 aliphatic heterocycles. The number of hydrogen-bond acceptors (Lipinski definition) is 4. The maximum Gasteiger partial charge on any atom is 0.243 e. The van der Waals surface area contributed by atoms with Gasteiger partial charge in [0.05, 0.1) is 17.0 Å². The Hall–Kier alpha value is -1.27. The Bertz CT molecular complexity index is 663. The molecule has 5 nitrogen and oxygen atoms in total. The lowest BCUT2D eigenvalue weighted by Gasteiger charge is -2.28. The molecule has 1 aromatic carbocycles. The SMILES string of the molecule is O=S(=O)(c1ccccc1)N1[C@@H]2[C@@H]3C[C@@H]([C@H]4N=N[C@@H]34)[C@@H]21. The maximum absolute atomic E-state index is 12.6. The molecule has 1 aromatic rings. The number of benzene rings is 1. The van der Waals surface area contributed by atoms with E-state index < -0.39 is 10.0 Å². The van der Waals surface area contributed by atoms with Crippen molar-refractivity contribution in [2.75, 3.05) is 0 Å². The quantitative estimate of drug-likeness (QED) is 0.763. The Morgan fingerprint density at radius 2 is 1.58 bits per heavy atom. The fraction of sp³-hybridized carbons (Fsp3) is 0.538. The fourth-order valence-electron chi connectivity index (χ4n) is 4.34. The van der Waals surface area contributed by atoms with Gasteiger partial charge in [-0.2, -0.15) is 14.5 Å². The molecule has 2 saturated carbocycles. The van der Waals surface area contributed by atoms with Gasteiger partial charge in [0.15, 0.2) is 0 Å². The fourth-order valence-corrected chi connectivity index (χ4v) is 6.23. The molecule has 0 N–H and O–H groups in total. The van der Waals surface area contributed by atoms with E-state index in [0.29, 0.717) is 28.8 Å². The van der Waals surface area contributed by atoms with E-state index in [9.17, 15) is 8.42 Å². The highest BCUT2D eigenvalue weighted by atomic mass is 32.2. The largest absolute Gasteiger partial charge is 0.243 e. The summed E-state index contributed by atoms with van der Waals surface area (Å²) in [4.78, 5) is 0.407. The van der Waals surface area contributed by atoms with E-state index in [1.54, 1.807) is 28.6 Å². The third-order valence-electron chi connectivity index (χ3n) is 5.15. The summed E-state index contributed by atoms with van der Waals surface area (Å²) < 4.78 is 27.0. The summed E-state index contributed by atoms with van der Waals surface area (Å²) in [5.74, 6) is 0.826. The molecule has 0 spiro atoms. The first-order chi connectivity index (χ1) is 9.19. The number of fused-ring (bicyclic) bond motifs is 8. The molecule has 4 aliphatic rings. The first-order valence-electron chi connectivity index (χ1n) is 6.68. The lowest BCUT2D eigenvalue weighted by Crippen LogP contribution is -2.39. The van der Waals surface area contributed by atoms with Gasteiger partial charge in [-0.05, 0) is 18.6 Å². The third-order valence-corrected chi connectivity index (χ3v) is 7.06. The van der Waals surface area contributed by atoms with Crippen LogP contribution in [0.5, 0.6) is 0 Å². The number of piperidine rings is 1. The third kappa shape index (κ3) is 1.09. The molecule has 5 rings (SSSR count). The molecule has 2 heterocycles. The van der Waals surface area contributed by atoms with Crippen molar-refractivity contribution in [3.8, 4) is 0 Å². The molecule has 0 aromatic heterocycles. The van der Waals surface area contributed by atoms with Crippen molar-refractivity contribution in [2.24, 2.45) is 22.1 Å². The van der Waals surface area contributed by atoms with Gasteiger partial charge in [-0.1, -0.05) is 18.2 Å². The molecule has 7 atom stereocenters. The minimum absolute atomic E-state index is 0.190. The van der Waals surface area contributed by atoms with Gasteiger partial charge in [0, 0.05) is 23.9 Å². The van der Waals surface area contributed by atoms with Crippen LogP contribution >= 0.6 is 0 Å². The smallest absolute Gasteiger partial charge is 0.207 e. The number of rotatable bonds is 2. The summed E-state index contributed by atoms with van der Waals surface area (Å²) in [5, 5.41) is 8.37. The van der Waals surface area contributed by atoms with E-state index in [4.69, 9.17) is 0 Å². The summed E-state index contributed by atoms with van der Waals surface area (Å²) in [6.07, 6.45) is 1.11. The normalized spacial score (nSPS) is 48.5. The molecule has 1 saturated heterocycles. The average molecular weight is 275 g/mol. The Morgan fingerprint density at radius 3 is 2.11 bits per heavy atom. The van der Waals surface area contributed by atoms with Gasteiger partial charge in [-0.15, -0.1) is 0 Å². The van der Waals surface area contributed by atoms with Crippen molar-refractivity contribution in [1.29, 1.82) is 0 Å². The molecule has 0 amide bonds. The second kappa shape index (κ2) is 3.07. The van der Waals surface area contributed by atoms with Crippen LogP contribution in [0.1, 0.15) is 6.42 Å². The van der Waals surface area contributed by atoms with Gasteiger partial charge in [0.1, 0.15) is 0 Å². The van der Waals surface area contributed by atoms with E-state index in [2.05, 4.69) is 10.2 Å². The summed E-state index contributed by atoms with van der Waals surface area (Å²) >= 11 is 0. The monoisotopic (exact) mass is 275 g/mol. The Labute approximate surface area is 111 Å². The molecule has 0 radical (unpaired) electrons. The van der Waals surface area contributed by atoms with Crippen LogP contribution in [-0.4, -0.2) is 36.9 Å². The molecular formula is C13H13N3O2S. The second-order valence-electron chi connectivity index (χ2n) is 5.90. The first kappa shape index (κ1) is 10.5. The minimum Gasteiger partial charge on any atom is -0.207 e. The van der Waals surface area contributed by atoms with Crippen LogP contribution < -0.4 is 0 Å². The molecule has 1 unspecified atom stereocenters. The van der Waals surface area contributed by atoms with Gasteiger partial charge >= 0.3 is 0 Å². The first-order valence-corrected chi connectivity index (χ1v) is 8.12. The Kier molecular flexibility index (Phi) is 1.70. The number of sulfonamides is 1. The molecule has 2 bridgehead atoms. The van der Waals surface area contributed by atoms with Crippen molar-refractivity contribution >= 4 is 10.0 Å². The van der Waals surface area contributed by atoms with E-state index in [1.165, 1.54) is 0 Å². The van der Waals surface area contributed by atoms with Crippen LogP contribution in [-0.2, 0) is 10.0 Å². The predicted octanol–water partition coefficient (Wildman–Crippen LogP) is 1.28. The van der Waals surface area contributed by atoms with E-state index in [-0.39, 0.29) is 12.1 Å². The van der Waals surface area contributed by atoms with Crippen LogP contribution in [0.4, 0.5) is 0 Å². The molecule has 6 heteroatoms. The topological polar surface area (TPSA) is 61.9 Å². The standard InChI is InChI=1S/C13H13N3O2S/c17-19(18,7-4-2-1-3-5-7)16-12-8-6-9(13(12)16)11-10(8)14-15-11/h1-5,8-13H,6H2/t8-,9+,10+,11-,12-,13+,16?. The highest BCUT2D eigenvalue weighted by molar-refractivity contribution is 7.89. The van der Waals surface area contributed by atoms with Crippen LogP contribution in [0, 0.1) is 11.8 Å². The van der Waals surface area contributed by atoms with Crippen LogP contribution in [0.25, 0.3) is 0 Å². The second-order valence-corrected chi connectivity index (χ2v) is 7.75. The highest BCUT2D eigenvalue weighted by Gasteiger charge is 2.75. The van der Waals surface area contributed by atoms with Gasteiger partial charge in [-0.25, -0.2) is 8.42 Å². The highest BCUT2D eigenvalue weighted by Crippen LogP contribution is 2.63. The Balaban J connectivity index is 1.52. The van der Waals surface area contributed by atoms with Crippen LogP contribution in [0.3, 0.4) is 0 Å². The van der Waals surface area contributed by atoms with Crippen molar-refractivity contribution < 1.29 is 8.42 Å². The van der Waals surface area contributed by atoms with Gasteiger partial charge in [-0.3, -0.25) is 0 Å². The van der Waals surface area contributed by atoms with Crippen molar-refractivity contribution in [3.63, 3.8) is 0 Å². The van der Waals surface area contributed by atoms with Crippen molar-refractivity contribution in [2.45, 2.75) is 35.5 Å². The minimum atomic E-state index is -3.32. The van der Waals surface area contributed by atoms with E-state index in [1.807, 2.05) is 6.07 Å². The molecule has 3 fully saturated rings. The summed E-state index contributed by atoms with van der Waals surface area (Å²) in [6, 6.07) is 9.73. The molecular weight excluding hydrogens is 262 g/mol. The van der Waals surface area contributed by atoms with Crippen LogP contribution in [0.15, 0.2) is 45.5 Å². The number of hydrogen-bond donors (Lipinski definition) is 0. The number of azo groups is 1. The zero-order chi connectivity index (χ0) is 12.8. The summed E-state index contributed by atoms with van der Waals surface area (Å²) in [7, 11) is -3.32. The lowest BCUT2D eigenvalue weighted by molar-refractivity contribution is 0.315. The average Bonchev–Trinajstić information content (AvgIpc) is 2.97. The van der Waals surface area contributed by atoms with Gasteiger partial charge < -0.3 is 0 Å². The van der Waals surface area contributed by atoms with Crippen molar-refractivity contribution in [3.05, 3.63) is 30.3 Å². The number of nitrogens with zero attached hydrogens (tertiary/aromatic N) is 3. The van der Waals surface area contributed by atoms with Crippen LogP contribution in [0.2, 0.25) is 0 Å². The zero-order valence-corrected chi connectivity index (χ0v) is 10.9. The van der Waals surface area contributed by atoms with E-state index >= 15 is 0 Å². The maximum atomic E-state index is 12.6. The van der Waals surface area contributed by atoms with Crippen molar-refractivity contribution in [1.82, 2.24) is 4.31 Å². The Morgan fingerprint density at radius 1 is 1.00 bits per heavy atom.